The first-order valence-electron chi connectivity index (χ1n) is 4.69. The Hall–Kier alpha value is -0.1000. The Labute approximate surface area is 117 Å². The predicted molar refractivity (Wildman–Crippen MR) is 82.0 cm³/mol. The van der Waals surface area contributed by atoms with E-state index in [1.54, 1.807) is 0 Å². The highest BCUT2D eigenvalue weighted by Crippen LogP contribution is 2.27. The number of benzene rings is 2. The molecule has 0 heterocycles. The Bertz CT molecular complexity index is 490. The molecule has 0 radical (unpaired) electrons. The Morgan fingerprint density at radius 1 is 0.867 bits per heavy atom. The molecule has 0 aliphatic carbocycles. The topological polar surface area (TPSA) is 0 Å². The summed E-state index contributed by atoms with van der Waals surface area (Å²) >= 11 is 4.77. The molecule has 0 N–H and O–H groups in total. The van der Waals surface area contributed by atoms with Crippen molar-refractivity contribution in [2.75, 3.05) is 0 Å². The lowest BCUT2D eigenvalue weighted by molar-refractivity contribution is 1.42. The van der Waals surface area contributed by atoms with E-state index in [2.05, 4.69) is 94.6 Å². The molecule has 0 spiro atoms. The smallest absolute Gasteiger partial charge is 0.0208 e. The quantitative estimate of drug-likeness (QED) is 0.578. The van der Waals surface area contributed by atoms with Gasteiger partial charge in [0, 0.05) is 7.14 Å². The molecule has 0 atom stereocenters. The van der Waals surface area contributed by atoms with Crippen molar-refractivity contribution in [2.45, 2.75) is 6.92 Å². The largest absolute Gasteiger partial charge is 0.0616 e. The van der Waals surface area contributed by atoms with E-state index in [1.807, 2.05) is 0 Å². The van der Waals surface area contributed by atoms with Crippen LogP contribution < -0.4 is 0 Å². The molecule has 0 fully saturated rings. The van der Waals surface area contributed by atoms with Crippen molar-refractivity contribution < 1.29 is 0 Å². The van der Waals surface area contributed by atoms with Gasteiger partial charge in [-0.05, 0) is 80.9 Å². The van der Waals surface area contributed by atoms with Crippen molar-refractivity contribution in [1.82, 2.24) is 0 Å². The monoisotopic (exact) mass is 420 g/mol. The summed E-state index contributed by atoms with van der Waals surface area (Å²) in [7, 11) is 0. The number of rotatable bonds is 1. The standard InChI is InChI=1S/C13H10I2/c1-9-6-7-10(8-13(9)15)11-4-2-3-5-12(11)14/h2-8H,1H3. The Balaban J connectivity index is 2.55. The Kier molecular flexibility index (Phi) is 3.66. The molecule has 2 heteroatoms. The lowest BCUT2D eigenvalue weighted by Gasteiger charge is -2.06. The average molecular weight is 420 g/mol. The van der Waals surface area contributed by atoms with Gasteiger partial charge in [0.05, 0.1) is 0 Å². The molecule has 0 bridgehead atoms. The summed E-state index contributed by atoms with van der Waals surface area (Å²) in [6.45, 7) is 2.14. The lowest BCUT2D eigenvalue weighted by atomic mass is 10.0. The van der Waals surface area contributed by atoms with Crippen LogP contribution in [0.5, 0.6) is 0 Å². The van der Waals surface area contributed by atoms with Crippen LogP contribution in [-0.4, -0.2) is 0 Å². The minimum absolute atomic E-state index is 1.30. The van der Waals surface area contributed by atoms with Crippen molar-refractivity contribution in [3.63, 3.8) is 0 Å². The lowest BCUT2D eigenvalue weighted by Crippen LogP contribution is -1.85. The van der Waals surface area contributed by atoms with E-state index < -0.39 is 0 Å². The first-order valence-corrected chi connectivity index (χ1v) is 6.85. The van der Waals surface area contributed by atoms with Crippen LogP contribution in [0.2, 0.25) is 0 Å². The van der Waals surface area contributed by atoms with Gasteiger partial charge in [0.15, 0.2) is 0 Å². The van der Waals surface area contributed by atoms with Crippen LogP contribution in [0.3, 0.4) is 0 Å². The van der Waals surface area contributed by atoms with Crippen LogP contribution in [0.1, 0.15) is 5.56 Å². The molecule has 0 amide bonds. The van der Waals surface area contributed by atoms with Crippen molar-refractivity contribution in [2.24, 2.45) is 0 Å². The molecular weight excluding hydrogens is 410 g/mol. The van der Waals surface area contributed by atoms with E-state index in [4.69, 9.17) is 0 Å². The Morgan fingerprint density at radius 3 is 2.27 bits per heavy atom. The van der Waals surface area contributed by atoms with E-state index in [9.17, 15) is 0 Å². The maximum atomic E-state index is 2.39. The van der Waals surface area contributed by atoms with E-state index in [0.29, 0.717) is 0 Å². The van der Waals surface area contributed by atoms with Crippen LogP contribution in [-0.2, 0) is 0 Å². The highest BCUT2D eigenvalue weighted by molar-refractivity contribution is 14.1. The first kappa shape index (κ1) is 11.4. The normalized spacial score (nSPS) is 10.3. The van der Waals surface area contributed by atoms with Gasteiger partial charge in [-0.2, -0.15) is 0 Å². The molecule has 0 aromatic heterocycles. The summed E-state index contributed by atoms with van der Waals surface area (Å²) in [4.78, 5) is 0. The number of halogens is 2. The molecule has 76 valence electrons. The molecule has 0 aliphatic heterocycles. The third-order valence-corrected chi connectivity index (χ3v) is 4.46. The summed E-state index contributed by atoms with van der Waals surface area (Å²) in [5, 5.41) is 0. The van der Waals surface area contributed by atoms with Gasteiger partial charge in [0.1, 0.15) is 0 Å². The molecule has 2 aromatic rings. The van der Waals surface area contributed by atoms with E-state index in [-0.39, 0.29) is 0 Å². The Morgan fingerprint density at radius 2 is 1.60 bits per heavy atom. The molecular formula is C13H10I2. The van der Waals surface area contributed by atoms with Crippen molar-refractivity contribution in [3.05, 3.63) is 55.2 Å². The van der Waals surface area contributed by atoms with E-state index in [1.165, 1.54) is 23.8 Å². The third-order valence-electron chi connectivity index (χ3n) is 2.36. The molecule has 0 unspecified atom stereocenters. The van der Waals surface area contributed by atoms with Crippen molar-refractivity contribution in [1.29, 1.82) is 0 Å². The zero-order valence-electron chi connectivity index (χ0n) is 8.30. The zero-order valence-corrected chi connectivity index (χ0v) is 12.6. The maximum Gasteiger partial charge on any atom is 0.0208 e. The highest BCUT2D eigenvalue weighted by Gasteiger charge is 2.03. The predicted octanol–water partition coefficient (Wildman–Crippen LogP) is 4.87. The SMILES string of the molecule is Cc1ccc(-c2ccccc2I)cc1I. The van der Waals surface area contributed by atoms with Gasteiger partial charge in [0.2, 0.25) is 0 Å². The van der Waals surface area contributed by atoms with Crippen LogP contribution in [0.15, 0.2) is 42.5 Å². The summed E-state index contributed by atoms with van der Waals surface area (Å²) in [5.74, 6) is 0. The minimum Gasteiger partial charge on any atom is -0.0616 e. The average Bonchev–Trinajstić information content (AvgIpc) is 2.23. The van der Waals surface area contributed by atoms with Crippen LogP contribution in [0.25, 0.3) is 11.1 Å². The first-order chi connectivity index (χ1) is 7.18. The molecule has 2 rings (SSSR count). The summed E-state index contributed by atoms with van der Waals surface area (Å²) < 4.78 is 2.62. The molecule has 0 aliphatic rings. The number of aryl methyl sites for hydroxylation is 1. The molecule has 0 saturated carbocycles. The number of hydrogen-bond donors (Lipinski definition) is 0. The molecule has 2 aromatic carbocycles. The van der Waals surface area contributed by atoms with Gasteiger partial charge >= 0.3 is 0 Å². The fraction of sp³-hybridized carbons (Fsp3) is 0.0769. The van der Waals surface area contributed by atoms with Crippen LogP contribution >= 0.6 is 45.2 Å². The second-order valence-electron chi connectivity index (χ2n) is 3.44. The van der Waals surface area contributed by atoms with Crippen LogP contribution in [0.4, 0.5) is 0 Å². The van der Waals surface area contributed by atoms with Gasteiger partial charge in [-0.1, -0.05) is 30.3 Å². The molecule has 0 saturated heterocycles. The van der Waals surface area contributed by atoms with Gasteiger partial charge in [-0.15, -0.1) is 0 Å². The highest BCUT2D eigenvalue weighted by atomic mass is 127. The van der Waals surface area contributed by atoms with Gasteiger partial charge in [-0.3, -0.25) is 0 Å². The van der Waals surface area contributed by atoms with E-state index >= 15 is 0 Å². The van der Waals surface area contributed by atoms with Gasteiger partial charge in [0.25, 0.3) is 0 Å². The third kappa shape index (κ3) is 2.53. The minimum atomic E-state index is 1.30. The second-order valence-corrected chi connectivity index (χ2v) is 5.77. The fourth-order valence-electron chi connectivity index (χ4n) is 1.46. The fourth-order valence-corrected chi connectivity index (χ4v) is 2.67. The molecule has 15 heavy (non-hydrogen) atoms. The summed E-state index contributed by atoms with van der Waals surface area (Å²) in [6.07, 6.45) is 0. The van der Waals surface area contributed by atoms with Crippen molar-refractivity contribution in [3.8, 4) is 11.1 Å². The molecule has 0 nitrogen and oxygen atoms in total. The summed E-state index contributed by atoms with van der Waals surface area (Å²) in [6, 6.07) is 15.1. The second kappa shape index (κ2) is 4.82. The van der Waals surface area contributed by atoms with E-state index in [0.717, 1.165) is 0 Å². The summed E-state index contributed by atoms with van der Waals surface area (Å²) in [5.41, 5.74) is 3.95. The van der Waals surface area contributed by atoms with Gasteiger partial charge < -0.3 is 0 Å². The number of hydrogen-bond acceptors (Lipinski definition) is 0. The van der Waals surface area contributed by atoms with Crippen molar-refractivity contribution >= 4 is 45.2 Å². The maximum absolute atomic E-state index is 2.39. The van der Waals surface area contributed by atoms with Crippen LogP contribution in [0, 0.1) is 14.1 Å². The zero-order chi connectivity index (χ0) is 10.8. The van der Waals surface area contributed by atoms with Gasteiger partial charge in [-0.25, -0.2) is 0 Å².